The summed E-state index contributed by atoms with van der Waals surface area (Å²) in [5.74, 6) is -0.716. The van der Waals surface area contributed by atoms with Crippen molar-refractivity contribution in [3.05, 3.63) is 72.2 Å². The molecule has 2 aromatic rings. The van der Waals surface area contributed by atoms with E-state index in [2.05, 4.69) is 0 Å². The maximum absolute atomic E-state index is 12.1. The second-order valence-corrected chi connectivity index (χ2v) is 7.03. The van der Waals surface area contributed by atoms with Gasteiger partial charge < -0.3 is 0 Å². The number of rotatable bonds is 2. The summed E-state index contributed by atoms with van der Waals surface area (Å²) in [5.41, 5.74) is 0.628. The molecule has 20 heavy (non-hydrogen) atoms. The first-order valence-electron chi connectivity index (χ1n) is 5.92. The van der Waals surface area contributed by atoms with Gasteiger partial charge >= 0.3 is 125 Å². The van der Waals surface area contributed by atoms with Crippen LogP contribution in [0.5, 0.6) is 0 Å². The van der Waals surface area contributed by atoms with Crippen LogP contribution in [0.3, 0.4) is 0 Å². The Morgan fingerprint density at radius 2 is 1.60 bits per heavy atom. The second kappa shape index (κ2) is 5.16. The van der Waals surface area contributed by atoms with Crippen LogP contribution in [0.15, 0.2) is 58.2 Å². The minimum atomic E-state index is -0.890. The molecule has 0 saturated carbocycles. The van der Waals surface area contributed by atoms with Gasteiger partial charge in [0.25, 0.3) is 0 Å². The summed E-state index contributed by atoms with van der Waals surface area (Å²) in [5, 5.41) is 10.3. The fourth-order valence-electron chi connectivity index (χ4n) is 1.94. The monoisotopic (exact) mass is 379 g/mol. The summed E-state index contributed by atoms with van der Waals surface area (Å²) in [4.78, 5) is 24.1. The van der Waals surface area contributed by atoms with Crippen LogP contribution in [0.2, 0.25) is 0 Å². The summed E-state index contributed by atoms with van der Waals surface area (Å²) in [6, 6.07) is 16.0. The maximum atomic E-state index is 12.1. The molecule has 1 heterocycles. The van der Waals surface area contributed by atoms with E-state index in [1.54, 1.807) is 18.2 Å². The van der Waals surface area contributed by atoms with Crippen molar-refractivity contribution in [2.24, 2.45) is 0 Å². The van der Waals surface area contributed by atoms with Crippen molar-refractivity contribution in [1.82, 2.24) is 0 Å². The van der Waals surface area contributed by atoms with Crippen LogP contribution >= 0.6 is 0 Å². The van der Waals surface area contributed by atoms with Gasteiger partial charge in [-0.3, -0.25) is 0 Å². The SMILES string of the molecule is O=C1C([I-]c2ccccc2)=C(O)c2ccccc2[N+]1=O. The van der Waals surface area contributed by atoms with Crippen molar-refractivity contribution < 1.29 is 35.9 Å². The molecular weight excluding hydrogens is 369 g/mol. The van der Waals surface area contributed by atoms with Crippen LogP contribution in [0.25, 0.3) is 5.76 Å². The van der Waals surface area contributed by atoms with Gasteiger partial charge in [0.1, 0.15) is 0 Å². The van der Waals surface area contributed by atoms with Gasteiger partial charge in [0.15, 0.2) is 0 Å². The fraction of sp³-hybridized carbons (Fsp3) is 0. The first-order chi connectivity index (χ1) is 9.68. The Morgan fingerprint density at radius 1 is 0.950 bits per heavy atom. The molecule has 1 aliphatic rings. The molecule has 0 unspecified atom stereocenters. The van der Waals surface area contributed by atoms with Crippen LogP contribution in [0.4, 0.5) is 5.69 Å². The zero-order valence-corrected chi connectivity index (χ0v) is 12.4. The van der Waals surface area contributed by atoms with Crippen molar-refractivity contribution in [3.8, 4) is 0 Å². The summed E-state index contributed by atoms with van der Waals surface area (Å²) in [7, 11) is 0. The number of aliphatic hydroxyl groups is 1. The number of benzene rings is 2. The number of carbonyl (C=O) groups is 1. The third-order valence-corrected chi connectivity index (χ3v) is 5.75. The number of nitroso groups, excluding NO2 is 1. The molecule has 0 radical (unpaired) electrons. The molecule has 3 rings (SSSR count). The zero-order chi connectivity index (χ0) is 14.1. The molecule has 0 aliphatic carbocycles. The van der Waals surface area contributed by atoms with Crippen molar-refractivity contribution in [3.63, 3.8) is 0 Å². The summed E-state index contributed by atoms with van der Waals surface area (Å²) < 4.78 is 1.59. The molecule has 5 heteroatoms. The molecule has 0 saturated heterocycles. The van der Waals surface area contributed by atoms with E-state index in [1.165, 1.54) is 6.07 Å². The van der Waals surface area contributed by atoms with Gasteiger partial charge in [0.05, 0.1) is 0 Å². The van der Waals surface area contributed by atoms with Crippen molar-refractivity contribution in [1.29, 1.82) is 0 Å². The quantitative estimate of drug-likeness (QED) is 0.582. The first-order valence-corrected chi connectivity index (χ1v) is 8.08. The van der Waals surface area contributed by atoms with Crippen LogP contribution in [-0.2, 0) is 4.79 Å². The van der Waals surface area contributed by atoms with Gasteiger partial charge in [-0.05, 0) is 0 Å². The van der Waals surface area contributed by atoms with Crippen molar-refractivity contribution in [2.45, 2.75) is 0 Å². The van der Waals surface area contributed by atoms with Crippen molar-refractivity contribution in [2.75, 3.05) is 0 Å². The van der Waals surface area contributed by atoms with Crippen LogP contribution in [0, 0.1) is 8.48 Å². The van der Waals surface area contributed by atoms with Crippen LogP contribution in [0.1, 0.15) is 5.56 Å². The molecule has 100 valence electrons. The average molecular weight is 379 g/mol. The Balaban J connectivity index is 2.10. The fourth-order valence-corrected chi connectivity index (χ4v) is 4.33. The Bertz CT molecular complexity index is 738. The Morgan fingerprint density at radius 3 is 2.35 bits per heavy atom. The molecule has 1 N–H and O–H groups in total. The number of carbonyl (C=O) groups excluding carboxylic acids is 1. The van der Waals surface area contributed by atoms with Crippen LogP contribution in [-0.4, -0.2) is 15.8 Å². The number of hydrogen-bond acceptors (Lipinski definition) is 3. The predicted molar refractivity (Wildman–Crippen MR) is 69.4 cm³/mol. The van der Waals surface area contributed by atoms with E-state index in [0.717, 1.165) is 3.57 Å². The van der Waals surface area contributed by atoms with E-state index in [4.69, 9.17) is 0 Å². The molecule has 2 aromatic carbocycles. The van der Waals surface area contributed by atoms with E-state index in [-0.39, 0.29) is 15.0 Å². The first kappa shape index (κ1) is 13.0. The zero-order valence-electron chi connectivity index (χ0n) is 10.3. The van der Waals surface area contributed by atoms with Crippen molar-refractivity contribution >= 4 is 17.4 Å². The third-order valence-electron chi connectivity index (χ3n) is 2.89. The molecule has 0 spiro atoms. The van der Waals surface area contributed by atoms with Gasteiger partial charge in [0.2, 0.25) is 0 Å². The van der Waals surface area contributed by atoms with Gasteiger partial charge in [-0.1, -0.05) is 0 Å². The topological polar surface area (TPSA) is 57.4 Å². The normalized spacial score (nSPS) is 14.6. The molecule has 0 bridgehead atoms. The summed E-state index contributed by atoms with van der Waals surface area (Å²) in [6.07, 6.45) is 0. The standard InChI is InChI=1S/C15H10INO3/c18-14-11-8-4-5-9-12(11)17(20)15(19)13(14)16-10-6-2-1-3-7-10/h1-9,18H. The number of fused-ring (bicyclic) bond motifs is 1. The molecule has 1 amide bonds. The molecular formula is C15H10INO3. The number of aliphatic hydroxyl groups excluding tert-OH is 1. The minimum absolute atomic E-state index is 0.0608. The number of amides is 1. The van der Waals surface area contributed by atoms with E-state index in [1.807, 2.05) is 30.3 Å². The van der Waals surface area contributed by atoms with Gasteiger partial charge in [-0.15, -0.1) is 0 Å². The van der Waals surface area contributed by atoms with E-state index < -0.39 is 27.1 Å². The number of hydrogen-bond donors (Lipinski definition) is 1. The number of para-hydroxylation sites is 1. The summed E-state index contributed by atoms with van der Waals surface area (Å²) >= 11 is -0.890. The molecule has 4 nitrogen and oxygen atoms in total. The Labute approximate surface area is 125 Å². The third kappa shape index (κ3) is 2.14. The van der Waals surface area contributed by atoms with Gasteiger partial charge in [0, 0.05) is 0 Å². The summed E-state index contributed by atoms with van der Waals surface area (Å²) in [6.45, 7) is 0. The number of halogens is 1. The second-order valence-electron chi connectivity index (χ2n) is 4.17. The van der Waals surface area contributed by atoms with E-state index in [9.17, 15) is 14.8 Å². The van der Waals surface area contributed by atoms with E-state index in [0.29, 0.717) is 10.3 Å². The van der Waals surface area contributed by atoms with Gasteiger partial charge in [-0.2, -0.15) is 0 Å². The number of nitrogens with zero attached hydrogens (tertiary/aromatic N) is 1. The molecule has 0 aromatic heterocycles. The Kier molecular flexibility index (Phi) is 3.35. The molecule has 1 aliphatic heterocycles. The van der Waals surface area contributed by atoms with E-state index >= 15 is 0 Å². The van der Waals surface area contributed by atoms with Gasteiger partial charge in [-0.25, -0.2) is 0 Å². The molecule has 0 fully saturated rings. The predicted octanol–water partition coefficient (Wildman–Crippen LogP) is -0.177. The average Bonchev–Trinajstić information content (AvgIpc) is 2.50. The van der Waals surface area contributed by atoms with Crippen LogP contribution < -0.4 is 21.2 Å². The Hall–Kier alpha value is -2.02. The molecule has 0 atom stereocenters.